The Balaban J connectivity index is 1.96. The van der Waals surface area contributed by atoms with E-state index in [9.17, 15) is 0 Å². The van der Waals surface area contributed by atoms with Crippen LogP contribution in [0.5, 0.6) is 11.5 Å². The Morgan fingerprint density at radius 1 is 1.20 bits per heavy atom. The highest BCUT2D eigenvalue weighted by Crippen LogP contribution is 2.30. The molecule has 4 nitrogen and oxygen atoms in total. The summed E-state index contributed by atoms with van der Waals surface area (Å²) in [7, 11) is 3.39. The Morgan fingerprint density at radius 2 is 1.95 bits per heavy atom. The maximum Gasteiger partial charge on any atom is 0.142 e. The van der Waals surface area contributed by atoms with E-state index in [0.717, 1.165) is 17.2 Å². The molecule has 0 bridgehead atoms. The first-order chi connectivity index (χ1) is 9.76. The number of hydrogen-bond acceptors (Lipinski definition) is 4. The van der Waals surface area contributed by atoms with Gasteiger partial charge in [0.2, 0.25) is 0 Å². The van der Waals surface area contributed by atoms with Crippen molar-refractivity contribution in [3.05, 3.63) is 18.2 Å². The Hall–Kier alpha value is -1.42. The van der Waals surface area contributed by atoms with Gasteiger partial charge >= 0.3 is 0 Å². The summed E-state index contributed by atoms with van der Waals surface area (Å²) in [4.78, 5) is 2.54. The number of nitrogens with one attached hydrogen (secondary N) is 1. The van der Waals surface area contributed by atoms with Crippen LogP contribution in [0, 0.1) is 0 Å². The number of methoxy groups -OCH3 is 2. The zero-order chi connectivity index (χ0) is 14.4. The Bertz CT molecular complexity index is 415. The highest BCUT2D eigenvalue weighted by molar-refractivity contribution is 5.60. The van der Waals surface area contributed by atoms with Crippen LogP contribution in [0.15, 0.2) is 18.2 Å². The highest BCUT2D eigenvalue weighted by atomic mass is 16.5. The van der Waals surface area contributed by atoms with Crippen molar-refractivity contribution in [2.75, 3.05) is 39.2 Å². The lowest BCUT2D eigenvalue weighted by molar-refractivity contribution is 0.219. The first-order valence-corrected chi connectivity index (χ1v) is 7.47. The minimum atomic E-state index is 0.518. The Morgan fingerprint density at radius 3 is 2.55 bits per heavy atom. The van der Waals surface area contributed by atoms with Gasteiger partial charge in [-0.15, -0.1) is 0 Å². The summed E-state index contributed by atoms with van der Waals surface area (Å²) < 4.78 is 10.7. The van der Waals surface area contributed by atoms with Crippen LogP contribution in [-0.2, 0) is 0 Å². The van der Waals surface area contributed by atoms with Crippen molar-refractivity contribution < 1.29 is 9.47 Å². The lowest BCUT2D eigenvalue weighted by Gasteiger charge is -2.32. The van der Waals surface area contributed by atoms with Gasteiger partial charge in [-0.05, 0) is 37.9 Å². The van der Waals surface area contributed by atoms with Gasteiger partial charge in [0.1, 0.15) is 11.5 Å². The van der Waals surface area contributed by atoms with Crippen LogP contribution in [0.1, 0.15) is 26.2 Å². The van der Waals surface area contributed by atoms with Crippen LogP contribution in [0.25, 0.3) is 0 Å². The van der Waals surface area contributed by atoms with Gasteiger partial charge in [-0.1, -0.05) is 6.92 Å². The predicted molar refractivity (Wildman–Crippen MR) is 82.9 cm³/mol. The first kappa shape index (κ1) is 15.0. The molecule has 0 aliphatic carbocycles. The molecule has 0 radical (unpaired) electrons. The molecule has 1 fully saturated rings. The molecule has 1 aliphatic heterocycles. The number of ether oxygens (including phenoxy) is 2. The molecule has 1 aromatic carbocycles. The van der Waals surface area contributed by atoms with Crippen molar-refractivity contribution in [1.29, 1.82) is 0 Å². The summed E-state index contributed by atoms with van der Waals surface area (Å²) >= 11 is 0. The van der Waals surface area contributed by atoms with E-state index >= 15 is 0 Å². The summed E-state index contributed by atoms with van der Waals surface area (Å²) in [6.45, 7) is 5.82. The number of hydrogen-bond donors (Lipinski definition) is 1. The molecule has 0 saturated carbocycles. The molecule has 0 atom stereocenters. The molecule has 0 unspecified atom stereocenters. The van der Waals surface area contributed by atoms with Crippen molar-refractivity contribution >= 4 is 5.69 Å². The molecule has 1 heterocycles. The van der Waals surface area contributed by atoms with Gasteiger partial charge in [0.05, 0.1) is 19.9 Å². The van der Waals surface area contributed by atoms with E-state index < -0.39 is 0 Å². The Kier molecular flexibility index (Phi) is 5.53. The van der Waals surface area contributed by atoms with Crippen molar-refractivity contribution in [1.82, 2.24) is 4.90 Å². The van der Waals surface area contributed by atoms with Gasteiger partial charge in [0.15, 0.2) is 0 Å². The molecule has 20 heavy (non-hydrogen) atoms. The van der Waals surface area contributed by atoms with E-state index in [4.69, 9.17) is 9.47 Å². The average molecular weight is 278 g/mol. The van der Waals surface area contributed by atoms with E-state index in [1.165, 1.54) is 38.9 Å². The summed E-state index contributed by atoms with van der Waals surface area (Å²) in [5.74, 6) is 1.73. The van der Waals surface area contributed by atoms with Crippen molar-refractivity contribution in [2.45, 2.75) is 32.2 Å². The number of likely N-dealkylation sites (tertiary alicyclic amines) is 1. The molecule has 0 aromatic heterocycles. The van der Waals surface area contributed by atoms with E-state index in [2.05, 4.69) is 17.1 Å². The van der Waals surface area contributed by atoms with Crippen molar-refractivity contribution in [3.63, 3.8) is 0 Å². The van der Waals surface area contributed by atoms with Gasteiger partial charge < -0.3 is 19.7 Å². The monoisotopic (exact) mass is 278 g/mol. The molecule has 0 amide bonds. The molecule has 1 N–H and O–H groups in total. The summed E-state index contributed by atoms with van der Waals surface area (Å²) in [6, 6.07) is 6.41. The second kappa shape index (κ2) is 7.39. The van der Waals surface area contributed by atoms with Crippen LogP contribution in [-0.4, -0.2) is 44.8 Å². The third-order valence-corrected chi connectivity index (χ3v) is 3.89. The van der Waals surface area contributed by atoms with Crippen LogP contribution in [0.2, 0.25) is 0 Å². The number of benzene rings is 1. The molecule has 1 aliphatic rings. The number of nitrogens with zero attached hydrogens (tertiary/aromatic N) is 1. The van der Waals surface area contributed by atoms with Crippen LogP contribution in [0.4, 0.5) is 5.69 Å². The maximum absolute atomic E-state index is 5.42. The smallest absolute Gasteiger partial charge is 0.142 e. The lowest BCUT2D eigenvalue weighted by Crippen LogP contribution is -2.39. The number of rotatable bonds is 6. The van der Waals surface area contributed by atoms with E-state index in [-0.39, 0.29) is 0 Å². The fourth-order valence-corrected chi connectivity index (χ4v) is 2.76. The zero-order valence-corrected chi connectivity index (χ0v) is 12.8. The van der Waals surface area contributed by atoms with Gasteiger partial charge in [0, 0.05) is 25.2 Å². The average Bonchev–Trinajstić information content (AvgIpc) is 2.49. The summed E-state index contributed by atoms with van der Waals surface area (Å²) in [5, 5.41) is 3.61. The highest BCUT2D eigenvalue weighted by Gasteiger charge is 2.19. The third-order valence-electron chi connectivity index (χ3n) is 3.89. The standard InChI is InChI=1S/C16H26N2O2/c1-4-9-18-10-7-13(8-11-18)17-15-12-14(19-2)5-6-16(15)20-3/h5-6,12-13,17H,4,7-11H2,1-3H3. The fraction of sp³-hybridized carbons (Fsp3) is 0.625. The zero-order valence-electron chi connectivity index (χ0n) is 12.8. The lowest BCUT2D eigenvalue weighted by atomic mass is 10.0. The Labute approximate surface area is 122 Å². The van der Waals surface area contributed by atoms with Gasteiger partial charge in [-0.3, -0.25) is 0 Å². The minimum Gasteiger partial charge on any atom is -0.497 e. The molecular formula is C16H26N2O2. The largest absolute Gasteiger partial charge is 0.497 e. The molecule has 112 valence electrons. The summed E-state index contributed by atoms with van der Waals surface area (Å²) in [5.41, 5.74) is 1.03. The summed E-state index contributed by atoms with van der Waals surface area (Å²) in [6.07, 6.45) is 3.60. The molecule has 1 aromatic rings. The topological polar surface area (TPSA) is 33.7 Å². The number of piperidine rings is 1. The van der Waals surface area contributed by atoms with E-state index in [0.29, 0.717) is 6.04 Å². The minimum absolute atomic E-state index is 0.518. The third kappa shape index (κ3) is 3.79. The fourth-order valence-electron chi connectivity index (χ4n) is 2.76. The van der Waals surface area contributed by atoms with E-state index in [1.54, 1.807) is 14.2 Å². The van der Waals surface area contributed by atoms with Crippen LogP contribution < -0.4 is 14.8 Å². The predicted octanol–water partition coefficient (Wildman–Crippen LogP) is 2.99. The molecule has 4 heteroatoms. The molecular weight excluding hydrogens is 252 g/mol. The van der Waals surface area contributed by atoms with Crippen LogP contribution >= 0.6 is 0 Å². The molecule has 2 rings (SSSR count). The second-order valence-electron chi connectivity index (χ2n) is 5.33. The van der Waals surface area contributed by atoms with Gasteiger partial charge in [0.25, 0.3) is 0 Å². The maximum atomic E-state index is 5.42. The first-order valence-electron chi connectivity index (χ1n) is 7.47. The van der Waals surface area contributed by atoms with Crippen molar-refractivity contribution in [3.8, 4) is 11.5 Å². The molecule has 1 saturated heterocycles. The number of anilines is 1. The van der Waals surface area contributed by atoms with Gasteiger partial charge in [-0.25, -0.2) is 0 Å². The van der Waals surface area contributed by atoms with Gasteiger partial charge in [-0.2, -0.15) is 0 Å². The van der Waals surface area contributed by atoms with Crippen molar-refractivity contribution in [2.24, 2.45) is 0 Å². The normalized spacial score (nSPS) is 16.9. The van der Waals surface area contributed by atoms with Crippen LogP contribution in [0.3, 0.4) is 0 Å². The van der Waals surface area contributed by atoms with E-state index in [1.807, 2.05) is 18.2 Å². The quantitative estimate of drug-likeness (QED) is 0.867. The SMILES string of the molecule is CCCN1CCC(Nc2cc(OC)ccc2OC)CC1. The molecule has 0 spiro atoms. The second-order valence-corrected chi connectivity index (χ2v) is 5.33.